The Morgan fingerprint density at radius 2 is 1.87 bits per heavy atom. The third-order valence-corrected chi connectivity index (χ3v) is 5.92. The number of hydrogen-bond acceptors (Lipinski definition) is 5. The van der Waals surface area contributed by atoms with Crippen LogP contribution in [-0.2, 0) is 10.0 Å². The summed E-state index contributed by atoms with van der Waals surface area (Å²) >= 11 is 0. The van der Waals surface area contributed by atoms with E-state index in [4.69, 9.17) is 4.52 Å². The summed E-state index contributed by atoms with van der Waals surface area (Å²) in [5.74, 6) is -0.406. The Labute approximate surface area is 134 Å². The molecule has 1 saturated carbocycles. The molecule has 1 aliphatic rings. The summed E-state index contributed by atoms with van der Waals surface area (Å²) in [4.78, 5) is 12.5. The number of nitrogens with one attached hydrogen (secondary N) is 1. The van der Waals surface area contributed by atoms with Crippen molar-refractivity contribution < 1.29 is 17.7 Å². The van der Waals surface area contributed by atoms with Gasteiger partial charge in [0, 0.05) is 5.56 Å². The first kappa shape index (κ1) is 15.7. The van der Waals surface area contributed by atoms with E-state index in [0.29, 0.717) is 24.1 Å². The molecule has 1 N–H and O–H groups in total. The molecule has 0 aliphatic heterocycles. The van der Waals surface area contributed by atoms with Gasteiger partial charge in [-0.1, -0.05) is 48.3 Å². The molecular formula is C16H18N2O4S. The van der Waals surface area contributed by atoms with Gasteiger partial charge in [0.15, 0.2) is 5.76 Å². The normalized spacial score (nSPS) is 15.7. The molecule has 1 aromatic heterocycles. The molecule has 1 aliphatic carbocycles. The number of nitrogens with zero attached hydrogens (tertiary/aromatic N) is 1. The monoisotopic (exact) mass is 334 g/mol. The second kappa shape index (κ2) is 6.16. The van der Waals surface area contributed by atoms with Crippen LogP contribution in [0.25, 0.3) is 11.3 Å². The van der Waals surface area contributed by atoms with Crippen molar-refractivity contribution in [1.29, 1.82) is 0 Å². The molecule has 0 saturated heterocycles. The third-order valence-electron chi connectivity index (χ3n) is 4.10. The molecule has 7 heteroatoms. The van der Waals surface area contributed by atoms with Crippen LogP contribution >= 0.6 is 0 Å². The minimum absolute atomic E-state index is 0.165. The van der Waals surface area contributed by atoms with Crippen molar-refractivity contribution in [3.63, 3.8) is 0 Å². The number of carbonyl (C=O) groups is 1. The zero-order valence-corrected chi connectivity index (χ0v) is 13.6. The van der Waals surface area contributed by atoms with Gasteiger partial charge in [-0.15, -0.1) is 0 Å². The summed E-state index contributed by atoms with van der Waals surface area (Å²) in [6, 6.07) is 9.02. The minimum Gasteiger partial charge on any atom is -0.355 e. The first-order chi connectivity index (χ1) is 11.0. The van der Waals surface area contributed by atoms with Crippen LogP contribution in [0.3, 0.4) is 0 Å². The Kier molecular flexibility index (Phi) is 4.21. The fourth-order valence-electron chi connectivity index (χ4n) is 2.89. The molecule has 122 valence electrons. The van der Waals surface area contributed by atoms with E-state index in [9.17, 15) is 13.2 Å². The maximum Gasteiger partial charge on any atom is 0.270 e. The van der Waals surface area contributed by atoms with E-state index in [1.807, 2.05) is 18.2 Å². The summed E-state index contributed by atoms with van der Waals surface area (Å²) in [6.45, 7) is 1.62. The summed E-state index contributed by atoms with van der Waals surface area (Å²) in [5.41, 5.74) is 1.21. The fraction of sp³-hybridized carbons (Fsp3) is 0.375. The predicted octanol–water partition coefficient (Wildman–Crippen LogP) is 2.65. The average Bonchev–Trinajstić information content (AvgIpc) is 3.17. The SMILES string of the molecule is Cc1noc(-c2ccccc2)c1C(=O)NS(=O)(=O)C1CCCC1. The molecule has 0 bridgehead atoms. The van der Waals surface area contributed by atoms with E-state index in [-0.39, 0.29) is 11.3 Å². The summed E-state index contributed by atoms with van der Waals surface area (Å²) in [5, 5.41) is 3.32. The van der Waals surface area contributed by atoms with Crippen LogP contribution in [0.2, 0.25) is 0 Å². The highest BCUT2D eigenvalue weighted by atomic mass is 32.2. The molecule has 0 radical (unpaired) electrons. The van der Waals surface area contributed by atoms with E-state index < -0.39 is 21.2 Å². The number of aryl methyl sites for hydroxylation is 1. The second-order valence-corrected chi connectivity index (χ2v) is 7.68. The Morgan fingerprint density at radius 1 is 1.22 bits per heavy atom. The highest BCUT2D eigenvalue weighted by molar-refractivity contribution is 7.90. The molecule has 1 amide bonds. The van der Waals surface area contributed by atoms with Crippen molar-refractivity contribution in [2.75, 3.05) is 0 Å². The van der Waals surface area contributed by atoms with Crippen LogP contribution in [0.4, 0.5) is 0 Å². The van der Waals surface area contributed by atoms with Crippen LogP contribution in [-0.4, -0.2) is 24.7 Å². The van der Waals surface area contributed by atoms with Gasteiger partial charge >= 0.3 is 0 Å². The summed E-state index contributed by atoms with van der Waals surface area (Å²) in [6.07, 6.45) is 2.94. The first-order valence-electron chi connectivity index (χ1n) is 7.56. The van der Waals surface area contributed by atoms with Gasteiger partial charge in [0.05, 0.1) is 10.9 Å². The lowest BCUT2D eigenvalue weighted by atomic mass is 10.1. The van der Waals surface area contributed by atoms with Crippen molar-refractivity contribution in [3.05, 3.63) is 41.6 Å². The van der Waals surface area contributed by atoms with Crippen molar-refractivity contribution >= 4 is 15.9 Å². The van der Waals surface area contributed by atoms with Crippen LogP contribution in [0, 0.1) is 6.92 Å². The molecule has 1 heterocycles. The smallest absolute Gasteiger partial charge is 0.270 e. The molecule has 6 nitrogen and oxygen atoms in total. The number of amides is 1. The quantitative estimate of drug-likeness (QED) is 0.928. The molecule has 0 spiro atoms. The number of rotatable bonds is 4. The fourth-order valence-corrected chi connectivity index (χ4v) is 4.37. The van der Waals surface area contributed by atoms with Crippen LogP contribution in [0.5, 0.6) is 0 Å². The summed E-state index contributed by atoms with van der Waals surface area (Å²) in [7, 11) is -3.67. The standard InChI is InChI=1S/C16H18N2O4S/c1-11-14(15(22-17-11)12-7-3-2-4-8-12)16(19)18-23(20,21)13-9-5-6-10-13/h2-4,7-8,13H,5-6,9-10H2,1H3,(H,18,19). The number of benzene rings is 1. The topological polar surface area (TPSA) is 89.3 Å². The highest BCUT2D eigenvalue weighted by Gasteiger charge is 2.32. The van der Waals surface area contributed by atoms with Gasteiger partial charge in [-0.05, 0) is 19.8 Å². The lowest BCUT2D eigenvalue weighted by molar-refractivity contribution is 0.0980. The van der Waals surface area contributed by atoms with Gasteiger partial charge in [0.25, 0.3) is 5.91 Å². The van der Waals surface area contributed by atoms with Gasteiger partial charge < -0.3 is 4.52 Å². The maximum atomic E-state index is 12.5. The Morgan fingerprint density at radius 3 is 2.52 bits per heavy atom. The number of carbonyl (C=O) groups excluding carboxylic acids is 1. The van der Waals surface area contributed by atoms with E-state index in [0.717, 1.165) is 12.8 Å². The zero-order chi connectivity index (χ0) is 16.4. The van der Waals surface area contributed by atoms with Gasteiger partial charge in [-0.2, -0.15) is 0 Å². The lowest BCUT2D eigenvalue weighted by Crippen LogP contribution is -2.37. The number of sulfonamides is 1. The molecule has 0 atom stereocenters. The molecule has 23 heavy (non-hydrogen) atoms. The first-order valence-corrected chi connectivity index (χ1v) is 9.11. The number of aromatic nitrogens is 1. The molecular weight excluding hydrogens is 316 g/mol. The van der Waals surface area contributed by atoms with E-state index >= 15 is 0 Å². The van der Waals surface area contributed by atoms with Crippen molar-refractivity contribution in [2.45, 2.75) is 37.9 Å². The summed E-state index contributed by atoms with van der Waals surface area (Å²) < 4.78 is 32.1. The van der Waals surface area contributed by atoms with Crippen LogP contribution in [0.15, 0.2) is 34.9 Å². The third kappa shape index (κ3) is 3.14. The highest BCUT2D eigenvalue weighted by Crippen LogP contribution is 2.27. The molecule has 1 fully saturated rings. The van der Waals surface area contributed by atoms with Gasteiger partial charge in [0.2, 0.25) is 10.0 Å². The average molecular weight is 334 g/mol. The van der Waals surface area contributed by atoms with E-state index in [1.165, 1.54) is 0 Å². The van der Waals surface area contributed by atoms with Crippen molar-refractivity contribution in [1.82, 2.24) is 9.88 Å². The molecule has 2 aromatic rings. The minimum atomic E-state index is -3.67. The number of hydrogen-bond donors (Lipinski definition) is 1. The Balaban J connectivity index is 1.90. The van der Waals surface area contributed by atoms with E-state index in [2.05, 4.69) is 9.88 Å². The molecule has 0 unspecified atom stereocenters. The molecule has 1 aromatic carbocycles. The predicted molar refractivity (Wildman–Crippen MR) is 85.3 cm³/mol. The van der Waals surface area contributed by atoms with E-state index in [1.54, 1.807) is 19.1 Å². The lowest BCUT2D eigenvalue weighted by Gasteiger charge is -2.12. The van der Waals surface area contributed by atoms with Gasteiger partial charge in [0.1, 0.15) is 5.56 Å². The molecule has 3 rings (SSSR count). The van der Waals surface area contributed by atoms with Gasteiger partial charge in [-0.3, -0.25) is 4.79 Å². The van der Waals surface area contributed by atoms with Gasteiger partial charge in [-0.25, -0.2) is 13.1 Å². The second-order valence-electron chi connectivity index (χ2n) is 5.72. The Hall–Kier alpha value is -2.15. The maximum absolute atomic E-state index is 12.5. The van der Waals surface area contributed by atoms with Crippen LogP contribution < -0.4 is 4.72 Å². The van der Waals surface area contributed by atoms with Crippen molar-refractivity contribution in [2.24, 2.45) is 0 Å². The Bertz CT molecular complexity index is 806. The zero-order valence-electron chi connectivity index (χ0n) is 12.8. The largest absolute Gasteiger partial charge is 0.355 e. The van der Waals surface area contributed by atoms with Crippen LogP contribution in [0.1, 0.15) is 41.7 Å². The van der Waals surface area contributed by atoms with Crippen molar-refractivity contribution in [3.8, 4) is 11.3 Å².